The lowest BCUT2D eigenvalue weighted by Gasteiger charge is -2.11. The first-order chi connectivity index (χ1) is 6.24. The highest BCUT2D eigenvalue weighted by atomic mass is 16.5. The van der Waals surface area contributed by atoms with Crippen LogP contribution in [0, 0.1) is 0 Å². The minimum atomic E-state index is -0.632. The van der Waals surface area contributed by atoms with E-state index in [4.69, 9.17) is 10.5 Å². The van der Waals surface area contributed by atoms with Crippen LogP contribution in [0.5, 0.6) is 0 Å². The molecule has 5 heteroatoms. The van der Waals surface area contributed by atoms with Gasteiger partial charge in [-0.15, -0.1) is 0 Å². The molecule has 1 rings (SSSR count). The van der Waals surface area contributed by atoms with Crippen molar-refractivity contribution in [2.75, 3.05) is 19.1 Å². The summed E-state index contributed by atoms with van der Waals surface area (Å²) >= 11 is 0. The Hall–Kier alpha value is -1.33. The Morgan fingerprint density at radius 2 is 2.23 bits per heavy atom. The number of nitrogens with zero attached hydrogens (tertiary/aromatic N) is 1. The molecule has 0 aliphatic rings. The maximum atomic E-state index is 11.3. The summed E-state index contributed by atoms with van der Waals surface area (Å²) in [6, 6.07) is 2.98. The smallest absolute Gasteiger partial charge is 0.258 e. The number of aromatic nitrogens is 1. The SMILES string of the molecule is COCC(N)C(=O)Nn1cccc1. The van der Waals surface area contributed by atoms with Gasteiger partial charge in [-0.25, -0.2) is 0 Å². The van der Waals surface area contributed by atoms with E-state index in [0.29, 0.717) is 0 Å². The van der Waals surface area contributed by atoms with Crippen LogP contribution in [0.25, 0.3) is 0 Å². The molecule has 0 spiro atoms. The third-order valence-electron chi connectivity index (χ3n) is 1.53. The van der Waals surface area contributed by atoms with Crippen molar-refractivity contribution in [3.8, 4) is 0 Å². The lowest BCUT2D eigenvalue weighted by atomic mass is 10.3. The predicted molar refractivity (Wildman–Crippen MR) is 48.7 cm³/mol. The van der Waals surface area contributed by atoms with Crippen molar-refractivity contribution in [2.45, 2.75) is 6.04 Å². The van der Waals surface area contributed by atoms with Gasteiger partial charge in [-0.3, -0.25) is 14.9 Å². The molecule has 1 unspecified atom stereocenters. The second-order valence-electron chi connectivity index (χ2n) is 2.63. The maximum absolute atomic E-state index is 11.3. The monoisotopic (exact) mass is 183 g/mol. The average Bonchev–Trinajstić information content (AvgIpc) is 2.57. The molecule has 5 nitrogen and oxygen atoms in total. The van der Waals surface area contributed by atoms with Gasteiger partial charge in [0.25, 0.3) is 5.91 Å². The summed E-state index contributed by atoms with van der Waals surface area (Å²) in [5.41, 5.74) is 8.07. The number of rotatable bonds is 4. The van der Waals surface area contributed by atoms with Crippen LogP contribution in [0.3, 0.4) is 0 Å². The molecule has 1 atom stereocenters. The molecule has 0 saturated heterocycles. The summed E-state index contributed by atoms with van der Waals surface area (Å²) in [5.74, 6) is -0.266. The molecule has 0 bridgehead atoms. The Bertz CT molecular complexity index is 258. The van der Waals surface area contributed by atoms with Crippen LogP contribution in [-0.2, 0) is 9.53 Å². The molecular weight excluding hydrogens is 170 g/mol. The fourth-order valence-electron chi connectivity index (χ4n) is 0.874. The van der Waals surface area contributed by atoms with Crippen LogP contribution in [0.2, 0.25) is 0 Å². The molecule has 1 amide bonds. The number of carbonyl (C=O) groups is 1. The molecule has 3 N–H and O–H groups in total. The van der Waals surface area contributed by atoms with E-state index in [1.165, 1.54) is 11.8 Å². The van der Waals surface area contributed by atoms with Crippen molar-refractivity contribution in [2.24, 2.45) is 5.73 Å². The summed E-state index contributed by atoms with van der Waals surface area (Å²) in [4.78, 5) is 11.3. The zero-order valence-corrected chi connectivity index (χ0v) is 7.43. The second kappa shape index (κ2) is 4.64. The zero-order valence-electron chi connectivity index (χ0n) is 7.43. The van der Waals surface area contributed by atoms with Crippen molar-refractivity contribution in [3.63, 3.8) is 0 Å². The molecule has 72 valence electrons. The fraction of sp³-hybridized carbons (Fsp3) is 0.375. The van der Waals surface area contributed by atoms with Crippen molar-refractivity contribution >= 4 is 5.91 Å². The van der Waals surface area contributed by atoms with Gasteiger partial charge < -0.3 is 10.5 Å². The van der Waals surface area contributed by atoms with E-state index in [2.05, 4.69) is 5.43 Å². The first-order valence-electron chi connectivity index (χ1n) is 3.92. The average molecular weight is 183 g/mol. The van der Waals surface area contributed by atoms with Gasteiger partial charge in [-0.1, -0.05) is 0 Å². The first kappa shape index (κ1) is 9.76. The lowest BCUT2D eigenvalue weighted by Crippen LogP contribution is -2.41. The topological polar surface area (TPSA) is 69.3 Å². The van der Waals surface area contributed by atoms with E-state index in [1.54, 1.807) is 12.4 Å². The molecule has 1 aromatic heterocycles. The van der Waals surface area contributed by atoms with Crippen LogP contribution in [-0.4, -0.2) is 30.3 Å². The number of hydrogen-bond acceptors (Lipinski definition) is 3. The Morgan fingerprint density at radius 3 is 2.77 bits per heavy atom. The second-order valence-corrected chi connectivity index (χ2v) is 2.63. The molecule has 1 heterocycles. The van der Waals surface area contributed by atoms with E-state index >= 15 is 0 Å². The molecule has 1 aromatic rings. The standard InChI is InChI=1S/C8H13N3O2/c1-13-6-7(9)8(12)10-11-4-2-3-5-11/h2-5,7H,6,9H2,1H3,(H,10,12). The van der Waals surface area contributed by atoms with E-state index in [0.717, 1.165) is 0 Å². The number of nitrogens with two attached hydrogens (primary N) is 1. The predicted octanol–water partition coefficient (Wildman–Crippen LogP) is -0.468. The van der Waals surface area contributed by atoms with Gasteiger partial charge >= 0.3 is 0 Å². The van der Waals surface area contributed by atoms with Crippen LogP contribution < -0.4 is 11.2 Å². The Morgan fingerprint density at radius 1 is 1.62 bits per heavy atom. The number of nitrogens with one attached hydrogen (secondary N) is 1. The van der Waals surface area contributed by atoms with E-state index in [-0.39, 0.29) is 12.5 Å². The van der Waals surface area contributed by atoms with Crippen LogP contribution in [0.4, 0.5) is 0 Å². The third-order valence-corrected chi connectivity index (χ3v) is 1.53. The number of carbonyl (C=O) groups excluding carboxylic acids is 1. The molecular formula is C8H13N3O2. The molecule has 0 aromatic carbocycles. The minimum absolute atomic E-state index is 0.215. The number of ether oxygens (including phenoxy) is 1. The van der Waals surface area contributed by atoms with Gasteiger partial charge in [0.2, 0.25) is 0 Å². The van der Waals surface area contributed by atoms with Gasteiger partial charge in [0.15, 0.2) is 0 Å². The van der Waals surface area contributed by atoms with Crippen molar-refractivity contribution in [1.82, 2.24) is 4.68 Å². The third kappa shape index (κ3) is 2.89. The van der Waals surface area contributed by atoms with E-state index in [9.17, 15) is 4.79 Å². The Labute approximate surface area is 76.4 Å². The van der Waals surface area contributed by atoms with Crippen molar-refractivity contribution < 1.29 is 9.53 Å². The van der Waals surface area contributed by atoms with Gasteiger partial charge in [0.1, 0.15) is 6.04 Å². The van der Waals surface area contributed by atoms with Crippen LogP contribution >= 0.6 is 0 Å². The zero-order chi connectivity index (χ0) is 9.68. The number of hydrogen-bond donors (Lipinski definition) is 2. The molecule has 0 saturated carbocycles. The normalized spacial score (nSPS) is 12.5. The number of methoxy groups -OCH3 is 1. The molecule has 0 fully saturated rings. The van der Waals surface area contributed by atoms with Gasteiger partial charge in [0.05, 0.1) is 6.61 Å². The van der Waals surface area contributed by atoms with Crippen molar-refractivity contribution in [3.05, 3.63) is 24.5 Å². The summed E-state index contributed by atoms with van der Waals surface area (Å²) in [6.07, 6.45) is 3.44. The lowest BCUT2D eigenvalue weighted by molar-refractivity contribution is -0.119. The van der Waals surface area contributed by atoms with Crippen LogP contribution in [0.1, 0.15) is 0 Å². The molecule has 0 aliphatic heterocycles. The quantitative estimate of drug-likeness (QED) is 0.663. The Balaban J connectivity index is 2.41. The van der Waals surface area contributed by atoms with Crippen molar-refractivity contribution in [1.29, 1.82) is 0 Å². The van der Waals surface area contributed by atoms with E-state index in [1.807, 2.05) is 12.1 Å². The molecule has 0 aliphatic carbocycles. The minimum Gasteiger partial charge on any atom is -0.383 e. The van der Waals surface area contributed by atoms with Crippen LogP contribution in [0.15, 0.2) is 24.5 Å². The maximum Gasteiger partial charge on any atom is 0.258 e. The summed E-state index contributed by atoms with van der Waals surface area (Å²) in [7, 11) is 1.50. The van der Waals surface area contributed by atoms with Gasteiger partial charge in [-0.05, 0) is 12.1 Å². The van der Waals surface area contributed by atoms with Gasteiger partial charge in [0, 0.05) is 19.5 Å². The van der Waals surface area contributed by atoms with Gasteiger partial charge in [-0.2, -0.15) is 0 Å². The largest absolute Gasteiger partial charge is 0.383 e. The fourth-order valence-corrected chi connectivity index (χ4v) is 0.874. The highest BCUT2D eigenvalue weighted by Crippen LogP contribution is 1.87. The molecule has 13 heavy (non-hydrogen) atoms. The summed E-state index contributed by atoms with van der Waals surface area (Å²) < 4.78 is 6.29. The highest BCUT2D eigenvalue weighted by molar-refractivity contribution is 5.88. The number of amides is 1. The van der Waals surface area contributed by atoms with E-state index < -0.39 is 6.04 Å². The highest BCUT2D eigenvalue weighted by Gasteiger charge is 2.12. The summed E-state index contributed by atoms with van der Waals surface area (Å²) in [5, 5.41) is 0. The molecule has 0 radical (unpaired) electrons. The Kier molecular flexibility index (Phi) is 3.48. The summed E-state index contributed by atoms with van der Waals surface area (Å²) in [6.45, 7) is 0.215. The first-order valence-corrected chi connectivity index (χ1v) is 3.92.